The molecule has 1 N–H and O–H groups in total. The number of likely N-dealkylation sites (N-methyl/N-ethyl adjacent to an activating group) is 1. The lowest BCUT2D eigenvalue weighted by atomic mass is 10.1. The number of benzene rings is 1. The van der Waals surface area contributed by atoms with E-state index in [4.69, 9.17) is 9.73 Å². The van der Waals surface area contributed by atoms with E-state index in [1.165, 1.54) is 4.90 Å². The highest BCUT2D eigenvalue weighted by molar-refractivity contribution is 6.06. The number of nitrogens with one attached hydrogen (secondary N) is 1. The van der Waals surface area contributed by atoms with Crippen LogP contribution in [-0.4, -0.2) is 65.5 Å². The van der Waals surface area contributed by atoms with Crippen molar-refractivity contribution in [3.05, 3.63) is 36.0 Å². The number of nitrogens with zero attached hydrogens (tertiary/aromatic N) is 4. The van der Waals surface area contributed by atoms with Gasteiger partial charge >= 0.3 is 6.03 Å². The monoisotopic (exact) mass is 383 g/mol. The maximum absolute atomic E-state index is 12.5. The first-order valence-electron chi connectivity index (χ1n) is 9.62. The number of aliphatic imine (C=N–C) groups is 1. The molecule has 8 nitrogen and oxygen atoms in total. The van der Waals surface area contributed by atoms with Crippen LogP contribution in [0.3, 0.4) is 0 Å². The number of carbonyl (C=O) groups is 2. The number of methoxy groups -OCH3 is 1. The Morgan fingerprint density at radius 2 is 1.93 bits per heavy atom. The van der Waals surface area contributed by atoms with Gasteiger partial charge in [-0.2, -0.15) is 0 Å². The summed E-state index contributed by atoms with van der Waals surface area (Å²) in [5.41, 5.74) is 2.04. The molecular formula is C20H25N5O3. The summed E-state index contributed by atoms with van der Waals surface area (Å²) < 4.78 is 5.26. The minimum Gasteiger partial charge on any atom is -0.497 e. The Balaban J connectivity index is 1.68. The van der Waals surface area contributed by atoms with Crippen LogP contribution in [-0.2, 0) is 4.79 Å². The normalized spacial score (nSPS) is 23.3. The summed E-state index contributed by atoms with van der Waals surface area (Å²) in [7, 11) is 3.31. The molecule has 2 atom stereocenters. The third-order valence-corrected chi connectivity index (χ3v) is 5.44. The summed E-state index contributed by atoms with van der Waals surface area (Å²) in [6.45, 7) is 2.98. The van der Waals surface area contributed by atoms with E-state index in [2.05, 4.69) is 17.1 Å². The summed E-state index contributed by atoms with van der Waals surface area (Å²) in [6.07, 6.45) is 4.73. The molecule has 3 heterocycles. The van der Waals surface area contributed by atoms with Crippen LogP contribution in [0.1, 0.15) is 31.7 Å². The SMILES string of the molecule is CCCCCN1C(c2ccc(OC)cc2)=CN2C1=NC1C2C(=O)NC(=O)N1C. The summed E-state index contributed by atoms with van der Waals surface area (Å²) in [6, 6.07) is 6.92. The third kappa shape index (κ3) is 2.89. The van der Waals surface area contributed by atoms with Crippen LogP contribution in [0.5, 0.6) is 5.75 Å². The molecule has 28 heavy (non-hydrogen) atoms. The second-order valence-electron chi connectivity index (χ2n) is 7.20. The van der Waals surface area contributed by atoms with Crippen molar-refractivity contribution in [2.75, 3.05) is 20.7 Å². The number of imide groups is 1. The third-order valence-electron chi connectivity index (χ3n) is 5.44. The maximum Gasteiger partial charge on any atom is 0.325 e. The molecule has 2 unspecified atom stereocenters. The lowest BCUT2D eigenvalue weighted by molar-refractivity contribution is -0.126. The van der Waals surface area contributed by atoms with Gasteiger partial charge in [-0.25, -0.2) is 9.79 Å². The number of ether oxygens (including phenoxy) is 1. The van der Waals surface area contributed by atoms with Crippen LogP contribution < -0.4 is 10.1 Å². The molecule has 3 aliphatic rings. The number of hydrogen-bond donors (Lipinski definition) is 1. The Bertz CT molecular complexity index is 848. The molecular weight excluding hydrogens is 358 g/mol. The Hall–Kier alpha value is -3.03. The highest BCUT2D eigenvalue weighted by atomic mass is 16.5. The van der Waals surface area contributed by atoms with E-state index in [1.807, 2.05) is 35.4 Å². The zero-order valence-electron chi connectivity index (χ0n) is 16.4. The molecule has 0 bridgehead atoms. The van der Waals surface area contributed by atoms with Gasteiger partial charge in [-0.3, -0.25) is 10.1 Å². The molecule has 1 aromatic carbocycles. The van der Waals surface area contributed by atoms with Crippen LogP contribution in [0.4, 0.5) is 4.79 Å². The Labute approximate surface area is 164 Å². The Morgan fingerprint density at radius 3 is 2.61 bits per heavy atom. The number of amides is 3. The molecule has 1 aromatic rings. The highest BCUT2D eigenvalue weighted by Crippen LogP contribution is 2.36. The van der Waals surface area contributed by atoms with Gasteiger partial charge in [0.05, 0.1) is 12.8 Å². The van der Waals surface area contributed by atoms with Gasteiger partial charge in [-0.1, -0.05) is 19.8 Å². The molecule has 0 radical (unpaired) electrons. The molecule has 3 aliphatic heterocycles. The molecule has 1 fully saturated rings. The average molecular weight is 383 g/mol. The second-order valence-corrected chi connectivity index (χ2v) is 7.20. The minimum absolute atomic E-state index is 0.312. The first kappa shape index (κ1) is 18.3. The standard InChI is InChI=1S/C20H25N5O3/c1-4-5-6-11-24-15(13-7-9-14(28-3)10-8-13)12-25-16-17(21-19(24)25)23(2)20(27)22-18(16)26/h7-10,12,16-17H,4-6,11H2,1-3H3,(H,22,26,27). The van der Waals surface area contributed by atoms with Crippen molar-refractivity contribution >= 4 is 23.6 Å². The van der Waals surface area contributed by atoms with E-state index >= 15 is 0 Å². The summed E-state index contributed by atoms with van der Waals surface area (Å²) in [5, 5.41) is 2.42. The fourth-order valence-electron chi connectivity index (χ4n) is 3.86. The number of rotatable bonds is 6. The average Bonchev–Trinajstić information content (AvgIpc) is 3.23. The number of urea groups is 1. The van der Waals surface area contributed by atoms with Crippen molar-refractivity contribution < 1.29 is 14.3 Å². The van der Waals surface area contributed by atoms with Gasteiger partial charge in [0.1, 0.15) is 5.75 Å². The fourth-order valence-corrected chi connectivity index (χ4v) is 3.86. The maximum atomic E-state index is 12.5. The lowest BCUT2D eigenvalue weighted by Crippen LogP contribution is -2.62. The molecule has 0 saturated carbocycles. The van der Waals surface area contributed by atoms with Gasteiger partial charge in [0, 0.05) is 19.8 Å². The Morgan fingerprint density at radius 1 is 1.18 bits per heavy atom. The zero-order valence-corrected chi connectivity index (χ0v) is 16.4. The smallest absolute Gasteiger partial charge is 0.325 e. The molecule has 0 aliphatic carbocycles. The van der Waals surface area contributed by atoms with Gasteiger partial charge in [0.2, 0.25) is 5.96 Å². The van der Waals surface area contributed by atoms with Crippen molar-refractivity contribution in [2.24, 2.45) is 4.99 Å². The first-order chi connectivity index (χ1) is 13.5. The molecule has 0 spiro atoms. The molecule has 4 rings (SSSR count). The number of fused-ring (bicyclic) bond motifs is 3. The second kappa shape index (κ2) is 7.18. The quantitative estimate of drug-likeness (QED) is 0.761. The van der Waals surface area contributed by atoms with Crippen molar-refractivity contribution in [3.8, 4) is 5.75 Å². The number of guanidine groups is 1. The fraction of sp³-hybridized carbons (Fsp3) is 0.450. The number of hydrogen-bond acceptors (Lipinski definition) is 6. The van der Waals surface area contributed by atoms with Crippen molar-refractivity contribution in [3.63, 3.8) is 0 Å². The van der Waals surface area contributed by atoms with Crippen LogP contribution in [0.2, 0.25) is 0 Å². The summed E-state index contributed by atoms with van der Waals surface area (Å²) in [5.74, 6) is 1.21. The molecule has 0 aromatic heterocycles. The van der Waals surface area contributed by atoms with Crippen molar-refractivity contribution in [1.29, 1.82) is 0 Å². The van der Waals surface area contributed by atoms with Crippen molar-refractivity contribution in [2.45, 2.75) is 38.4 Å². The van der Waals surface area contributed by atoms with E-state index < -0.39 is 18.2 Å². The van der Waals surface area contributed by atoms with Crippen molar-refractivity contribution in [1.82, 2.24) is 20.0 Å². The van der Waals surface area contributed by atoms with Crippen LogP contribution in [0.15, 0.2) is 35.5 Å². The highest BCUT2D eigenvalue weighted by Gasteiger charge is 2.51. The minimum atomic E-state index is -0.540. The van der Waals surface area contributed by atoms with Gasteiger partial charge < -0.3 is 19.4 Å². The van der Waals surface area contributed by atoms with E-state index in [1.54, 1.807) is 14.2 Å². The lowest BCUT2D eigenvalue weighted by Gasteiger charge is -2.34. The summed E-state index contributed by atoms with van der Waals surface area (Å²) >= 11 is 0. The van der Waals surface area contributed by atoms with Crippen LogP contribution in [0, 0.1) is 0 Å². The topological polar surface area (TPSA) is 77.5 Å². The zero-order chi connectivity index (χ0) is 19.8. The van der Waals surface area contributed by atoms with Gasteiger partial charge in [0.25, 0.3) is 5.91 Å². The first-order valence-corrected chi connectivity index (χ1v) is 9.62. The van der Waals surface area contributed by atoms with E-state index in [0.29, 0.717) is 0 Å². The Kier molecular flexibility index (Phi) is 4.70. The largest absolute Gasteiger partial charge is 0.497 e. The van der Waals surface area contributed by atoms with Crippen LogP contribution >= 0.6 is 0 Å². The van der Waals surface area contributed by atoms with Crippen LogP contribution in [0.25, 0.3) is 5.70 Å². The number of unbranched alkanes of at least 4 members (excludes halogenated alkanes) is 2. The molecule has 3 amide bonds. The van der Waals surface area contributed by atoms with E-state index in [9.17, 15) is 9.59 Å². The van der Waals surface area contributed by atoms with E-state index in [-0.39, 0.29) is 5.91 Å². The molecule has 148 valence electrons. The predicted molar refractivity (Wildman–Crippen MR) is 105 cm³/mol. The number of carbonyl (C=O) groups excluding carboxylic acids is 2. The van der Waals surface area contributed by atoms with E-state index in [0.717, 1.165) is 48.8 Å². The summed E-state index contributed by atoms with van der Waals surface area (Å²) in [4.78, 5) is 34.8. The van der Waals surface area contributed by atoms with Gasteiger partial charge in [-0.15, -0.1) is 0 Å². The molecule has 1 saturated heterocycles. The van der Waals surface area contributed by atoms with Gasteiger partial charge in [-0.05, 0) is 36.2 Å². The van der Waals surface area contributed by atoms with Gasteiger partial charge in [0.15, 0.2) is 12.2 Å². The predicted octanol–water partition coefficient (Wildman–Crippen LogP) is 2.05. The molecule has 8 heteroatoms.